The molecule has 0 radical (unpaired) electrons. The van der Waals surface area contributed by atoms with Crippen LogP contribution in [0.1, 0.15) is 22.5 Å². The van der Waals surface area contributed by atoms with Crippen molar-refractivity contribution in [1.82, 2.24) is 4.98 Å². The molecule has 0 N–H and O–H groups in total. The standard InChI is InChI=1S/C13H9NO2/c15-12-6-5-11-9(13(12)16)7-8-3-1-2-4-10(8)14-11/h1-4,7H,5-6H2. The van der Waals surface area contributed by atoms with Crippen LogP contribution in [-0.2, 0) is 11.2 Å². The van der Waals surface area contributed by atoms with E-state index in [0.717, 1.165) is 16.6 Å². The molecule has 1 aromatic heterocycles. The number of aromatic nitrogens is 1. The number of nitrogens with zero attached hydrogens (tertiary/aromatic N) is 1. The number of Topliss-reactive ketones (excluding diaryl/α,β-unsaturated/α-hetero) is 2. The van der Waals surface area contributed by atoms with Crippen LogP contribution in [0.15, 0.2) is 30.3 Å². The Bertz CT molecular complexity index is 616. The number of rotatable bonds is 0. The molecule has 1 aliphatic rings. The van der Waals surface area contributed by atoms with E-state index in [9.17, 15) is 9.59 Å². The maximum Gasteiger partial charge on any atom is 0.230 e. The molecule has 1 aliphatic carbocycles. The Kier molecular flexibility index (Phi) is 1.86. The molecular weight excluding hydrogens is 202 g/mol. The third kappa shape index (κ3) is 1.25. The van der Waals surface area contributed by atoms with Crippen molar-refractivity contribution in [1.29, 1.82) is 0 Å². The maximum atomic E-state index is 11.7. The number of carbonyl (C=O) groups excluding carboxylic acids is 2. The lowest BCUT2D eigenvalue weighted by Gasteiger charge is -2.13. The Hall–Kier alpha value is -2.03. The highest BCUT2D eigenvalue weighted by atomic mass is 16.2. The van der Waals surface area contributed by atoms with Crippen LogP contribution in [0.4, 0.5) is 0 Å². The van der Waals surface area contributed by atoms with Crippen molar-refractivity contribution < 1.29 is 9.59 Å². The highest BCUT2D eigenvalue weighted by Crippen LogP contribution is 2.22. The summed E-state index contributed by atoms with van der Waals surface area (Å²) in [7, 11) is 0. The zero-order chi connectivity index (χ0) is 11.1. The highest BCUT2D eigenvalue weighted by Gasteiger charge is 2.26. The van der Waals surface area contributed by atoms with Gasteiger partial charge in [-0.15, -0.1) is 0 Å². The van der Waals surface area contributed by atoms with Gasteiger partial charge < -0.3 is 0 Å². The van der Waals surface area contributed by atoms with Gasteiger partial charge in [-0.1, -0.05) is 18.2 Å². The molecule has 3 nitrogen and oxygen atoms in total. The van der Waals surface area contributed by atoms with Crippen molar-refractivity contribution >= 4 is 22.5 Å². The summed E-state index contributed by atoms with van der Waals surface area (Å²) in [5.41, 5.74) is 2.11. The van der Waals surface area contributed by atoms with Gasteiger partial charge in [0, 0.05) is 17.4 Å². The number of aryl methyl sites for hydroxylation is 1. The van der Waals surface area contributed by atoms with Gasteiger partial charge in [0.2, 0.25) is 11.6 Å². The van der Waals surface area contributed by atoms with Gasteiger partial charge in [-0.2, -0.15) is 0 Å². The summed E-state index contributed by atoms with van der Waals surface area (Å²) in [6.07, 6.45) is 0.863. The predicted octanol–water partition coefficient (Wildman–Crippen LogP) is 1.93. The molecule has 0 atom stereocenters. The van der Waals surface area contributed by atoms with Crippen LogP contribution >= 0.6 is 0 Å². The van der Waals surface area contributed by atoms with Gasteiger partial charge >= 0.3 is 0 Å². The number of para-hydroxylation sites is 1. The Labute approximate surface area is 92.1 Å². The number of benzene rings is 1. The van der Waals surface area contributed by atoms with Crippen molar-refractivity contribution in [3.8, 4) is 0 Å². The van der Waals surface area contributed by atoms with E-state index in [1.54, 1.807) is 6.07 Å². The zero-order valence-electron chi connectivity index (χ0n) is 8.56. The van der Waals surface area contributed by atoms with E-state index in [1.165, 1.54) is 0 Å². The van der Waals surface area contributed by atoms with Gasteiger partial charge in [-0.3, -0.25) is 14.6 Å². The monoisotopic (exact) mass is 211 g/mol. The molecule has 0 bridgehead atoms. The highest BCUT2D eigenvalue weighted by molar-refractivity contribution is 6.45. The smallest absolute Gasteiger partial charge is 0.230 e. The Balaban J connectivity index is 2.31. The van der Waals surface area contributed by atoms with Crippen LogP contribution in [-0.4, -0.2) is 16.6 Å². The molecule has 3 heteroatoms. The second-order valence-corrected chi connectivity index (χ2v) is 3.93. The fourth-order valence-electron chi connectivity index (χ4n) is 2.04. The first-order valence-electron chi connectivity index (χ1n) is 5.22. The van der Waals surface area contributed by atoms with E-state index in [0.29, 0.717) is 12.0 Å². The second kappa shape index (κ2) is 3.23. The number of carbonyl (C=O) groups is 2. The zero-order valence-corrected chi connectivity index (χ0v) is 8.56. The third-order valence-corrected chi connectivity index (χ3v) is 2.89. The minimum atomic E-state index is -0.389. The minimum Gasteiger partial charge on any atom is -0.290 e. The van der Waals surface area contributed by atoms with Crippen LogP contribution in [0.2, 0.25) is 0 Å². The number of fused-ring (bicyclic) bond motifs is 2. The van der Waals surface area contributed by atoms with E-state index in [2.05, 4.69) is 4.98 Å². The summed E-state index contributed by atoms with van der Waals surface area (Å²) in [4.78, 5) is 27.4. The van der Waals surface area contributed by atoms with Crippen LogP contribution in [0.25, 0.3) is 10.9 Å². The number of pyridine rings is 1. The predicted molar refractivity (Wildman–Crippen MR) is 59.4 cm³/mol. The second-order valence-electron chi connectivity index (χ2n) is 3.93. The van der Waals surface area contributed by atoms with Crippen LogP contribution in [0, 0.1) is 0 Å². The topological polar surface area (TPSA) is 47.0 Å². The molecule has 1 heterocycles. The molecular formula is C13H9NO2. The fourth-order valence-corrected chi connectivity index (χ4v) is 2.04. The molecule has 0 amide bonds. The first kappa shape index (κ1) is 9.21. The third-order valence-electron chi connectivity index (χ3n) is 2.89. The van der Waals surface area contributed by atoms with E-state index >= 15 is 0 Å². The van der Waals surface area contributed by atoms with E-state index in [-0.39, 0.29) is 18.0 Å². The molecule has 1 aromatic carbocycles. The van der Waals surface area contributed by atoms with Gasteiger partial charge in [-0.05, 0) is 18.6 Å². The summed E-state index contributed by atoms with van der Waals surface area (Å²) in [6, 6.07) is 9.39. The average molecular weight is 211 g/mol. The van der Waals surface area contributed by atoms with E-state index in [1.807, 2.05) is 24.3 Å². The lowest BCUT2D eigenvalue weighted by Crippen LogP contribution is -2.23. The summed E-state index contributed by atoms with van der Waals surface area (Å²) < 4.78 is 0. The minimum absolute atomic E-state index is 0.289. The molecule has 0 unspecified atom stereocenters. The Morgan fingerprint density at radius 2 is 1.88 bits per heavy atom. The lowest BCUT2D eigenvalue weighted by molar-refractivity contribution is -0.115. The lowest BCUT2D eigenvalue weighted by atomic mass is 9.92. The quantitative estimate of drug-likeness (QED) is 0.625. The molecule has 16 heavy (non-hydrogen) atoms. The summed E-state index contributed by atoms with van der Waals surface area (Å²) in [5.74, 6) is -0.691. The van der Waals surface area contributed by atoms with Gasteiger partial charge in [0.25, 0.3) is 0 Å². The fraction of sp³-hybridized carbons (Fsp3) is 0.154. The molecule has 0 saturated heterocycles. The molecule has 0 aliphatic heterocycles. The van der Waals surface area contributed by atoms with Crippen molar-refractivity contribution in [2.45, 2.75) is 12.8 Å². The maximum absolute atomic E-state index is 11.7. The number of hydrogen-bond donors (Lipinski definition) is 0. The van der Waals surface area contributed by atoms with Crippen LogP contribution < -0.4 is 0 Å². The van der Waals surface area contributed by atoms with Gasteiger partial charge in [0.05, 0.1) is 11.2 Å². The van der Waals surface area contributed by atoms with Gasteiger partial charge in [-0.25, -0.2) is 0 Å². The van der Waals surface area contributed by atoms with Crippen LogP contribution in [0.5, 0.6) is 0 Å². The van der Waals surface area contributed by atoms with Gasteiger partial charge in [0.1, 0.15) is 0 Å². The first-order chi connectivity index (χ1) is 7.75. The summed E-state index contributed by atoms with van der Waals surface area (Å²) >= 11 is 0. The van der Waals surface area contributed by atoms with Crippen molar-refractivity contribution in [2.24, 2.45) is 0 Å². The molecule has 0 spiro atoms. The number of hydrogen-bond acceptors (Lipinski definition) is 3. The van der Waals surface area contributed by atoms with E-state index < -0.39 is 0 Å². The molecule has 0 fully saturated rings. The average Bonchev–Trinajstić information content (AvgIpc) is 2.32. The first-order valence-corrected chi connectivity index (χ1v) is 5.22. The Morgan fingerprint density at radius 1 is 1.06 bits per heavy atom. The normalized spacial score (nSPS) is 15.2. The van der Waals surface area contributed by atoms with Crippen molar-refractivity contribution in [2.75, 3.05) is 0 Å². The van der Waals surface area contributed by atoms with Crippen LogP contribution in [0.3, 0.4) is 0 Å². The molecule has 0 saturated carbocycles. The van der Waals surface area contributed by atoms with E-state index in [4.69, 9.17) is 0 Å². The molecule has 2 aromatic rings. The largest absolute Gasteiger partial charge is 0.290 e. The van der Waals surface area contributed by atoms with Gasteiger partial charge in [0.15, 0.2) is 0 Å². The summed E-state index contributed by atoms with van der Waals surface area (Å²) in [5, 5.41) is 0.907. The summed E-state index contributed by atoms with van der Waals surface area (Å²) in [6.45, 7) is 0. The van der Waals surface area contributed by atoms with Crippen molar-refractivity contribution in [3.05, 3.63) is 41.6 Å². The number of ketones is 2. The van der Waals surface area contributed by atoms with Crippen molar-refractivity contribution in [3.63, 3.8) is 0 Å². The SMILES string of the molecule is O=C1CCc2nc3ccccc3cc2C1=O. The molecule has 78 valence electrons. The molecule has 3 rings (SSSR count). The Morgan fingerprint density at radius 3 is 2.75 bits per heavy atom.